The topological polar surface area (TPSA) is 58.2 Å². The van der Waals surface area contributed by atoms with Gasteiger partial charge in [0.1, 0.15) is 5.25 Å². The molecule has 176 valence electrons. The van der Waals surface area contributed by atoms with Crippen molar-refractivity contribution in [3.8, 4) is 0 Å². The van der Waals surface area contributed by atoms with E-state index in [-0.39, 0.29) is 11.8 Å². The normalized spacial score (nSPS) is 11.5. The number of hydrogen-bond acceptors (Lipinski definition) is 3. The van der Waals surface area contributed by atoms with Gasteiger partial charge in [0, 0.05) is 16.1 Å². The number of thioether (sulfide) groups is 1. The van der Waals surface area contributed by atoms with Crippen molar-refractivity contribution in [3.05, 3.63) is 124 Å². The molecule has 4 nitrogen and oxygen atoms in total. The van der Waals surface area contributed by atoms with Crippen molar-refractivity contribution >= 4 is 58.2 Å². The summed E-state index contributed by atoms with van der Waals surface area (Å²) in [5.41, 5.74) is 3.45. The first kappa shape index (κ1) is 24.9. The van der Waals surface area contributed by atoms with E-state index in [0.717, 1.165) is 16.0 Å². The van der Waals surface area contributed by atoms with Crippen LogP contribution in [0, 0.1) is 6.92 Å². The van der Waals surface area contributed by atoms with E-state index in [4.69, 9.17) is 23.2 Å². The zero-order chi connectivity index (χ0) is 24.8. The molecule has 0 aliphatic rings. The molecule has 0 saturated heterocycles. The summed E-state index contributed by atoms with van der Waals surface area (Å²) in [6.45, 7) is 1.90. The van der Waals surface area contributed by atoms with Crippen molar-refractivity contribution < 1.29 is 9.59 Å². The first-order chi connectivity index (χ1) is 16.9. The summed E-state index contributed by atoms with van der Waals surface area (Å²) in [4.78, 5) is 26.9. The Labute approximate surface area is 218 Å². The summed E-state index contributed by atoms with van der Waals surface area (Å²) >= 11 is 13.8. The van der Waals surface area contributed by atoms with Gasteiger partial charge >= 0.3 is 0 Å². The first-order valence-corrected chi connectivity index (χ1v) is 12.5. The van der Waals surface area contributed by atoms with Gasteiger partial charge in [0.2, 0.25) is 5.91 Å². The number of anilines is 2. The summed E-state index contributed by atoms with van der Waals surface area (Å²) in [7, 11) is 0. The lowest BCUT2D eigenvalue weighted by Gasteiger charge is -2.18. The first-order valence-electron chi connectivity index (χ1n) is 10.9. The highest BCUT2D eigenvalue weighted by atomic mass is 35.5. The van der Waals surface area contributed by atoms with Gasteiger partial charge in [-0.3, -0.25) is 9.59 Å². The molecule has 4 aromatic carbocycles. The van der Waals surface area contributed by atoms with Crippen LogP contribution in [0.3, 0.4) is 0 Å². The summed E-state index contributed by atoms with van der Waals surface area (Å²) in [5, 5.41) is 5.95. The third-order valence-corrected chi connectivity index (χ3v) is 7.35. The van der Waals surface area contributed by atoms with E-state index in [1.807, 2.05) is 79.7 Å². The number of aryl methyl sites for hydroxylation is 1. The van der Waals surface area contributed by atoms with Gasteiger partial charge in [0.25, 0.3) is 5.91 Å². The predicted molar refractivity (Wildman–Crippen MR) is 146 cm³/mol. The Balaban J connectivity index is 1.57. The molecule has 0 aliphatic heterocycles. The predicted octanol–water partition coefficient (Wildman–Crippen LogP) is 8.03. The van der Waals surface area contributed by atoms with Gasteiger partial charge < -0.3 is 10.6 Å². The molecule has 0 aromatic heterocycles. The van der Waals surface area contributed by atoms with Crippen molar-refractivity contribution in [2.45, 2.75) is 17.1 Å². The highest BCUT2D eigenvalue weighted by Gasteiger charge is 2.23. The summed E-state index contributed by atoms with van der Waals surface area (Å²) < 4.78 is 0. The molecule has 0 bridgehead atoms. The highest BCUT2D eigenvalue weighted by Crippen LogP contribution is 2.38. The Bertz CT molecular complexity index is 1360. The fraction of sp³-hybridized carbons (Fsp3) is 0.0714. The van der Waals surface area contributed by atoms with Crippen LogP contribution in [-0.2, 0) is 4.79 Å². The molecule has 0 radical (unpaired) electrons. The molecule has 4 rings (SSSR count). The molecular weight excluding hydrogens is 499 g/mol. The second-order valence-electron chi connectivity index (χ2n) is 7.80. The van der Waals surface area contributed by atoms with Crippen LogP contribution in [0.4, 0.5) is 11.4 Å². The number of halogens is 2. The lowest BCUT2D eigenvalue weighted by molar-refractivity contribution is -0.115. The fourth-order valence-electron chi connectivity index (χ4n) is 3.51. The van der Waals surface area contributed by atoms with Gasteiger partial charge in [0.15, 0.2) is 0 Å². The minimum absolute atomic E-state index is 0.182. The molecule has 0 saturated carbocycles. The average molecular weight is 521 g/mol. The van der Waals surface area contributed by atoms with Gasteiger partial charge in [-0.2, -0.15) is 0 Å². The molecule has 4 aromatic rings. The van der Waals surface area contributed by atoms with Crippen LogP contribution < -0.4 is 10.6 Å². The van der Waals surface area contributed by atoms with E-state index < -0.39 is 5.25 Å². The van der Waals surface area contributed by atoms with Crippen LogP contribution in [-0.4, -0.2) is 11.8 Å². The number of hydrogen-bond donors (Lipinski definition) is 2. The molecule has 1 unspecified atom stereocenters. The van der Waals surface area contributed by atoms with E-state index in [1.165, 1.54) is 11.8 Å². The van der Waals surface area contributed by atoms with Crippen molar-refractivity contribution in [1.82, 2.24) is 0 Å². The van der Waals surface area contributed by atoms with Gasteiger partial charge in [0.05, 0.1) is 15.7 Å². The lowest BCUT2D eigenvalue weighted by Crippen LogP contribution is -2.19. The Morgan fingerprint density at radius 1 is 0.800 bits per heavy atom. The SMILES string of the molecule is Cc1ccccc1C(=O)Nc1cccc(SC(C(=O)Nc2cccc(Cl)c2Cl)c2ccccc2)c1. The van der Waals surface area contributed by atoms with E-state index >= 15 is 0 Å². The van der Waals surface area contributed by atoms with Crippen molar-refractivity contribution in [3.63, 3.8) is 0 Å². The minimum atomic E-state index is -0.562. The number of amides is 2. The van der Waals surface area contributed by atoms with Gasteiger partial charge in [-0.15, -0.1) is 11.8 Å². The summed E-state index contributed by atoms with van der Waals surface area (Å²) in [5.74, 6) is -0.419. The molecule has 2 amide bonds. The van der Waals surface area contributed by atoms with Crippen LogP contribution in [0.5, 0.6) is 0 Å². The molecule has 0 fully saturated rings. The average Bonchev–Trinajstić information content (AvgIpc) is 2.86. The second-order valence-corrected chi connectivity index (χ2v) is 9.76. The van der Waals surface area contributed by atoms with Crippen LogP contribution in [0.15, 0.2) is 102 Å². The Kier molecular flexibility index (Phi) is 8.13. The zero-order valence-corrected chi connectivity index (χ0v) is 21.1. The minimum Gasteiger partial charge on any atom is -0.323 e. The van der Waals surface area contributed by atoms with E-state index in [1.54, 1.807) is 24.3 Å². The molecule has 7 heteroatoms. The van der Waals surface area contributed by atoms with Crippen molar-refractivity contribution in [2.24, 2.45) is 0 Å². The monoisotopic (exact) mass is 520 g/mol. The van der Waals surface area contributed by atoms with E-state index in [2.05, 4.69) is 10.6 Å². The maximum Gasteiger partial charge on any atom is 0.255 e. The number of nitrogens with one attached hydrogen (secondary N) is 2. The Morgan fingerprint density at radius 3 is 2.29 bits per heavy atom. The molecular formula is C28H22Cl2N2O2S. The maximum absolute atomic E-state index is 13.4. The van der Waals surface area contributed by atoms with E-state index in [0.29, 0.717) is 27.0 Å². The molecule has 1 atom stereocenters. The van der Waals surface area contributed by atoms with Crippen LogP contribution in [0.25, 0.3) is 0 Å². The molecule has 0 aliphatic carbocycles. The summed E-state index contributed by atoms with van der Waals surface area (Å²) in [6.07, 6.45) is 0. The molecule has 2 N–H and O–H groups in total. The van der Waals surface area contributed by atoms with Crippen molar-refractivity contribution in [1.29, 1.82) is 0 Å². The fourth-order valence-corrected chi connectivity index (χ4v) is 4.94. The number of benzene rings is 4. The van der Waals surface area contributed by atoms with Crippen LogP contribution >= 0.6 is 35.0 Å². The largest absolute Gasteiger partial charge is 0.323 e. The lowest BCUT2D eigenvalue weighted by atomic mass is 10.1. The number of rotatable bonds is 7. The van der Waals surface area contributed by atoms with Gasteiger partial charge in [-0.1, -0.05) is 83.9 Å². The summed E-state index contributed by atoms with van der Waals surface area (Å²) in [6, 6.07) is 29.5. The molecule has 0 heterocycles. The smallest absolute Gasteiger partial charge is 0.255 e. The van der Waals surface area contributed by atoms with Gasteiger partial charge in [-0.05, 0) is 54.4 Å². The zero-order valence-electron chi connectivity index (χ0n) is 18.8. The van der Waals surface area contributed by atoms with Crippen LogP contribution in [0.1, 0.15) is 26.7 Å². The Morgan fingerprint density at radius 2 is 1.51 bits per heavy atom. The molecule has 0 spiro atoms. The third kappa shape index (κ3) is 6.25. The Hall–Kier alpha value is -3.25. The van der Waals surface area contributed by atoms with Crippen LogP contribution in [0.2, 0.25) is 10.0 Å². The quantitative estimate of drug-likeness (QED) is 0.242. The molecule has 35 heavy (non-hydrogen) atoms. The second kappa shape index (κ2) is 11.5. The third-order valence-electron chi connectivity index (χ3n) is 5.29. The van der Waals surface area contributed by atoms with E-state index in [9.17, 15) is 9.59 Å². The standard InChI is InChI=1S/C28H22Cl2N2O2S/c1-18-9-5-6-14-22(18)27(33)31-20-12-7-13-21(17-20)35-26(19-10-3-2-4-11-19)28(34)32-24-16-8-15-23(29)25(24)30/h2-17,26H,1H3,(H,31,33)(H,32,34). The van der Waals surface area contributed by atoms with Gasteiger partial charge in [-0.25, -0.2) is 0 Å². The highest BCUT2D eigenvalue weighted by molar-refractivity contribution is 8.00. The number of carbonyl (C=O) groups is 2. The van der Waals surface area contributed by atoms with Crippen molar-refractivity contribution in [2.75, 3.05) is 10.6 Å². The maximum atomic E-state index is 13.4. The number of carbonyl (C=O) groups excluding carboxylic acids is 2.